The Morgan fingerprint density at radius 3 is 2.85 bits per heavy atom. The number of anilines is 1. The number of aliphatic carboxylic acids is 1. The van der Waals surface area contributed by atoms with Crippen molar-refractivity contribution in [1.29, 1.82) is 0 Å². The maximum atomic E-state index is 11.1. The fraction of sp³-hybridized carbons (Fsp3) is 0.643. The van der Waals surface area contributed by atoms with Crippen molar-refractivity contribution >= 4 is 11.8 Å². The minimum absolute atomic E-state index is 0.113. The van der Waals surface area contributed by atoms with Crippen molar-refractivity contribution in [2.45, 2.75) is 51.0 Å². The summed E-state index contributed by atoms with van der Waals surface area (Å²) in [6.45, 7) is 2.64. The van der Waals surface area contributed by atoms with Gasteiger partial charge >= 0.3 is 5.97 Å². The number of carboxylic acids is 1. The van der Waals surface area contributed by atoms with Crippen LogP contribution in [-0.2, 0) is 4.79 Å². The summed E-state index contributed by atoms with van der Waals surface area (Å²) in [7, 11) is 0. The van der Waals surface area contributed by atoms with E-state index in [1.807, 2.05) is 6.92 Å². The van der Waals surface area contributed by atoms with Crippen LogP contribution in [-0.4, -0.2) is 33.2 Å². The minimum Gasteiger partial charge on any atom is -0.481 e. The Balaban J connectivity index is 2.08. The molecule has 0 unspecified atom stereocenters. The van der Waals surface area contributed by atoms with Gasteiger partial charge in [-0.1, -0.05) is 19.8 Å². The fourth-order valence-electron chi connectivity index (χ4n) is 2.65. The highest BCUT2D eigenvalue weighted by Crippen LogP contribution is 2.35. The van der Waals surface area contributed by atoms with Crippen LogP contribution in [0.3, 0.4) is 0 Å². The van der Waals surface area contributed by atoms with E-state index in [4.69, 9.17) is 9.84 Å². The van der Waals surface area contributed by atoms with Crippen LogP contribution in [0.15, 0.2) is 12.4 Å². The third-order valence-corrected chi connectivity index (χ3v) is 3.54. The van der Waals surface area contributed by atoms with Gasteiger partial charge in [-0.15, -0.1) is 0 Å². The Kier molecular flexibility index (Phi) is 4.76. The third-order valence-electron chi connectivity index (χ3n) is 3.54. The largest absolute Gasteiger partial charge is 0.481 e. The molecule has 0 radical (unpaired) electrons. The first-order valence-electron chi connectivity index (χ1n) is 7.08. The molecular formula is C14H21N3O3. The summed E-state index contributed by atoms with van der Waals surface area (Å²) in [5.41, 5.74) is -0.387. The van der Waals surface area contributed by atoms with Crippen molar-refractivity contribution in [3.05, 3.63) is 12.4 Å². The highest BCUT2D eigenvalue weighted by Gasteiger charge is 2.36. The van der Waals surface area contributed by atoms with Crippen molar-refractivity contribution in [2.75, 3.05) is 11.9 Å². The Hall–Kier alpha value is -1.85. The molecule has 1 fully saturated rings. The number of aromatic nitrogens is 2. The van der Waals surface area contributed by atoms with E-state index in [0.717, 1.165) is 32.1 Å². The Labute approximate surface area is 118 Å². The summed E-state index contributed by atoms with van der Waals surface area (Å²) in [5, 5.41) is 12.4. The van der Waals surface area contributed by atoms with Gasteiger partial charge in [0.15, 0.2) is 0 Å². The number of ether oxygens (including phenoxy) is 1. The van der Waals surface area contributed by atoms with Crippen LogP contribution in [0.2, 0.25) is 0 Å². The lowest BCUT2D eigenvalue weighted by molar-refractivity contribution is -0.138. The SMILES string of the molecule is CCCOc1cc(NC2(CC(=O)O)CCCC2)ncn1. The zero-order chi connectivity index (χ0) is 14.4. The average molecular weight is 279 g/mol. The first-order valence-corrected chi connectivity index (χ1v) is 7.08. The quantitative estimate of drug-likeness (QED) is 0.797. The van der Waals surface area contributed by atoms with Crippen LogP contribution >= 0.6 is 0 Å². The molecule has 110 valence electrons. The van der Waals surface area contributed by atoms with Gasteiger partial charge in [0.05, 0.1) is 13.0 Å². The number of nitrogens with zero attached hydrogens (tertiary/aromatic N) is 2. The summed E-state index contributed by atoms with van der Waals surface area (Å²) in [6.07, 6.45) is 6.27. The molecule has 20 heavy (non-hydrogen) atoms. The highest BCUT2D eigenvalue weighted by atomic mass is 16.5. The van der Waals surface area contributed by atoms with Crippen molar-refractivity contribution in [2.24, 2.45) is 0 Å². The summed E-state index contributed by atoms with van der Waals surface area (Å²) >= 11 is 0. The van der Waals surface area contributed by atoms with Crippen molar-refractivity contribution in [3.63, 3.8) is 0 Å². The summed E-state index contributed by atoms with van der Waals surface area (Å²) in [4.78, 5) is 19.3. The van der Waals surface area contributed by atoms with Gasteiger partial charge in [0.2, 0.25) is 5.88 Å². The molecule has 0 saturated heterocycles. The highest BCUT2D eigenvalue weighted by molar-refractivity contribution is 5.69. The molecule has 1 aromatic heterocycles. The first-order chi connectivity index (χ1) is 9.63. The second-order valence-electron chi connectivity index (χ2n) is 5.27. The maximum Gasteiger partial charge on any atom is 0.305 e. The minimum atomic E-state index is -0.782. The molecule has 6 heteroatoms. The molecule has 0 bridgehead atoms. The molecule has 1 aliphatic carbocycles. The van der Waals surface area contributed by atoms with E-state index >= 15 is 0 Å². The molecule has 1 heterocycles. The molecule has 1 saturated carbocycles. The number of nitrogens with one attached hydrogen (secondary N) is 1. The van der Waals surface area contributed by atoms with Crippen LogP contribution in [0.1, 0.15) is 45.4 Å². The monoisotopic (exact) mass is 279 g/mol. The van der Waals surface area contributed by atoms with E-state index in [1.165, 1.54) is 6.33 Å². The molecular weight excluding hydrogens is 258 g/mol. The van der Waals surface area contributed by atoms with Crippen molar-refractivity contribution in [3.8, 4) is 5.88 Å². The zero-order valence-corrected chi connectivity index (χ0v) is 11.8. The van der Waals surface area contributed by atoms with E-state index in [1.54, 1.807) is 6.07 Å². The van der Waals surface area contributed by atoms with Crippen LogP contribution in [0.25, 0.3) is 0 Å². The normalized spacial score (nSPS) is 16.9. The van der Waals surface area contributed by atoms with Gasteiger partial charge in [-0.25, -0.2) is 9.97 Å². The Morgan fingerprint density at radius 2 is 2.20 bits per heavy atom. The lowest BCUT2D eigenvalue weighted by atomic mass is 9.93. The van der Waals surface area contributed by atoms with E-state index in [0.29, 0.717) is 18.3 Å². The van der Waals surface area contributed by atoms with Gasteiger partial charge in [-0.05, 0) is 19.3 Å². The molecule has 0 aromatic carbocycles. The van der Waals surface area contributed by atoms with Gasteiger partial charge in [-0.3, -0.25) is 4.79 Å². The molecule has 0 atom stereocenters. The van der Waals surface area contributed by atoms with Crippen LogP contribution in [0.4, 0.5) is 5.82 Å². The lowest BCUT2D eigenvalue weighted by Gasteiger charge is -2.29. The topological polar surface area (TPSA) is 84.3 Å². The Morgan fingerprint density at radius 1 is 1.45 bits per heavy atom. The number of carboxylic acid groups (broad SMARTS) is 1. The number of rotatable bonds is 7. The van der Waals surface area contributed by atoms with Gasteiger partial charge in [0.25, 0.3) is 0 Å². The van der Waals surface area contributed by atoms with Crippen molar-refractivity contribution < 1.29 is 14.6 Å². The van der Waals surface area contributed by atoms with Gasteiger partial charge in [0.1, 0.15) is 12.1 Å². The molecule has 1 aromatic rings. The molecule has 0 amide bonds. The van der Waals surface area contributed by atoms with E-state index < -0.39 is 5.97 Å². The number of hydrogen-bond donors (Lipinski definition) is 2. The summed E-state index contributed by atoms with van der Waals surface area (Å²) < 4.78 is 5.47. The zero-order valence-electron chi connectivity index (χ0n) is 11.8. The van der Waals surface area contributed by atoms with E-state index in [2.05, 4.69) is 15.3 Å². The van der Waals surface area contributed by atoms with Gasteiger partial charge in [-0.2, -0.15) is 0 Å². The molecule has 2 rings (SSSR count). The Bertz CT molecular complexity index is 459. The standard InChI is InChI=1S/C14H21N3O3/c1-2-7-20-12-8-11(15-10-16-12)17-14(9-13(18)19)5-3-4-6-14/h8,10H,2-7,9H2,1H3,(H,18,19)(H,15,16,17). The second kappa shape index (κ2) is 6.54. The average Bonchev–Trinajstić information content (AvgIpc) is 2.84. The molecule has 6 nitrogen and oxygen atoms in total. The smallest absolute Gasteiger partial charge is 0.305 e. The van der Waals surface area contributed by atoms with E-state index in [9.17, 15) is 4.79 Å². The third kappa shape index (κ3) is 3.82. The van der Waals surface area contributed by atoms with Crippen LogP contribution in [0.5, 0.6) is 5.88 Å². The first kappa shape index (κ1) is 14.6. The van der Waals surface area contributed by atoms with E-state index in [-0.39, 0.29) is 12.0 Å². The molecule has 2 N–H and O–H groups in total. The predicted molar refractivity (Wildman–Crippen MR) is 74.9 cm³/mol. The van der Waals surface area contributed by atoms with Crippen LogP contribution in [0, 0.1) is 0 Å². The molecule has 0 spiro atoms. The van der Waals surface area contributed by atoms with Gasteiger partial charge < -0.3 is 15.2 Å². The number of carbonyl (C=O) groups is 1. The molecule has 1 aliphatic rings. The maximum absolute atomic E-state index is 11.1. The van der Waals surface area contributed by atoms with Crippen LogP contribution < -0.4 is 10.1 Å². The lowest BCUT2D eigenvalue weighted by Crippen LogP contribution is -2.37. The molecule has 0 aliphatic heterocycles. The summed E-state index contributed by atoms with van der Waals surface area (Å²) in [6, 6.07) is 1.73. The predicted octanol–water partition coefficient (Wildman–Crippen LogP) is 2.46. The fourth-order valence-corrected chi connectivity index (χ4v) is 2.65. The van der Waals surface area contributed by atoms with Gasteiger partial charge in [0, 0.05) is 11.6 Å². The number of hydrogen-bond acceptors (Lipinski definition) is 5. The second-order valence-corrected chi connectivity index (χ2v) is 5.27. The van der Waals surface area contributed by atoms with Crippen molar-refractivity contribution in [1.82, 2.24) is 9.97 Å². The summed E-state index contributed by atoms with van der Waals surface area (Å²) in [5.74, 6) is 0.373.